The molecule has 0 bridgehead atoms. The van der Waals surface area contributed by atoms with Gasteiger partial charge in [-0.05, 0) is 41.1 Å². The van der Waals surface area contributed by atoms with Crippen molar-refractivity contribution in [2.75, 3.05) is 45.4 Å². The maximum atomic E-state index is 13.8. The molecule has 0 unspecified atom stereocenters. The van der Waals surface area contributed by atoms with Gasteiger partial charge in [0.1, 0.15) is 17.6 Å². The highest BCUT2D eigenvalue weighted by atomic mass is 79.9. The second-order valence-electron chi connectivity index (χ2n) is 8.36. The quantitative estimate of drug-likeness (QED) is 0.411. The lowest BCUT2D eigenvalue weighted by Gasteiger charge is -2.26. The van der Waals surface area contributed by atoms with E-state index in [4.69, 9.17) is 30.2 Å². The summed E-state index contributed by atoms with van der Waals surface area (Å²) in [5.74, 6) is 1.09. The number of fused-ring (bicyclic) bond motifs is 1. The van der Waals surface area contributed by atoms with E-state index in [9.17, 15) is 9.59 Å². The largest absolute Gasteiger partial charge is 0.496 e. The second kappa shape index (κ2) is 10.5. The van der Waals surface area contributed by atoms with E-state index >= 15 is 0 Å². The molecule has 12 heteroatoms. The molecular weight excluding hydrogens is 586 g/mol. The number of halogens is 2. The molecule has 1 atom stereocenters. The Balaban J connectivity index is 1.68. The van der Waals surface area contributed by atoms with Crippen molar-refractivity contribution in [2.24, 2.45) is 4.99 Å². The first-order chi connectivity index (χ1) is 17.8. The van der Waals surface area contributed by atoms with Crippen LogP contribution in [0.4, 0.5) is 5.88 Å². The molecule has 9 nitrogen and oxygen atoms in total. The normalized spacial score (nSPS) is 18.0. The third-order valence-electron chi connectivity index (χ3n) is 6.17. The highest BCUT2D eigenvalue weighted by Gasteiger charge is 2.35. The van der Waals surface area contributed by atoms with E-state index in [0.717, 1.165) is 4.47 Å². The van der Waals surface area contributed by atoms with Gasteiger partial charge in [0, 0.05) is 35.8 Å². The number of benzene rings is 1. The number of rotatable bonds is 5. The monoisotopic (exact) mass is 607 g/mol. The lowest BCUT2D eigenvalue weighted by atomic mass is 9.95. The number of morpholine rings is 1. The third-order valence-corrected chi connectivity index (χ3v) is 7.96. The van der Waals surface area contributed by atoms with Gasteiger partial charge < -0.3 is 23.5 Å². The number of hydrogen-bond donors (Lipinski definition) is 0. The first-order valence-electron chi connectivity index (χ1n) is 11.4. The van der Waals surface area contributed by atoms with E-state index in [1.54, 1.807) is 31.2 Å². The number of furan rings is 1. The van der Waals surface area contributed by atoms with E-state index in [1.807, 2.05) is 6.07 Å². The fourth-order valence-corrected chi connectivity index (χ4v) is 6.23. The van der Waals surface area contributed by atoms with Crippen molar-refractivity contribution in [1.29, 1.82) is 0 Å². The van der Waals surface area contributed by atoms with Crippen LogP contribution in [-0.4, -0.2) is 51.1 Å². The fourth-order valence-electron chi connectivity index (χ4n) is 4.46. The van der Waals surface area contributed by atoms with Crippen molar-refractivity contribution in [1.82, 2.24) is 4.57 Å². The van der Waals surface area contributed by atoms with Gasteiger partial charge >= 0.3 is 5.97 Å². The Morgan fingerprint density at radius 3 is 2.73 bits per heavy atom. The molecule has 1 fully saturated rings. The zero-order valence-corrected chi connectivity index (χ0v) is 23.4. The van der Waals surface area contributed by atoms with Crippen molar-refractivity contribution < 1.29 is 23.4 Å². The van der Waals surface area contributed by atoms with E-state index in [-0.39, 0.29) is 11.1 Å². The van der Waals surface area contributed by atoms with Crippen molar-refractivity contribution >= 4 is 56.8 Å². The number of esters is 1. The zero-order chi connectivity index (χ0) is 26.3. The molecular formula is C25H23BrClN3O6S. The van der Waals surface area contributed by atoms with Crippen LogP contribution in [0.2, 0.25) is 5.02 Å². The van der Waals surface area contributed by atoms with Gasteiger partial charge in [0.05, 0.1) is 47.7 Å². The van der Waals surface area contributed by atoms with Crippen LogP contribution in [0.15, 0.2) is 54.2 Å². The zero-order valence-electron chi connectivity index (χ0n) is 20.2. The smallest absolute Gasteiger partial charge is 0.338 e. The molecule has 0 N–H and O–H groups in total. The molecule has 37 heavy (non-hydrogen) atoms. The third kappa shape index (κ3) is 4.76. The summed E-state index contributed by atoms with van der Waals surface area (Å²) in [5.41, 5.74) is 0.900. The minimum atomic E-state index is -0.841. The van der Waals surface area contributed by atoms with Gasteiger partial charge in [-0.1, -0.05) is 22.9 Å². The van der Waals surface area contributed by atoms with Gasteiger partial charge in [-0.3, -0.25) is 9.36 Å². The summed E-state index contributed by atoms with van der Waals surface area (Å²) in [6, 6.07) is 6.05. The number of carbonyl (C=O) groups excluding carboxylic acids is 1. The van der Waals surface area contributed by atoms with Crippen LogP contribution in [0.1, 0.15) is 24.3 Å². The Kier molecular flexibility index (Phi) is 7.30. The van der Waals surface area contributed by atoms with Gasteiger partial charge in [0.15, 0.2) is 4.80 Å². The van der Waals surface area contributed by atoms with Crippen molar-refractivity contribution in [2.45, 2.75) is 13.0 Å². The average molecular weight is 609 g/mol. The van der Waals surface area contributed by atoms with Crippen LogP contribution in [0, 0.1) is 0 Å². The van der Waals surface area contributed by atoms with E-state index in [1.165, 1.54) is 30.1 Å². The number of hydrogen-bond acceptors (Lipinski definition) is 9. The molecule has 0 radical (unpaired) electrons. The summed E-state index contributed by atoms with van der Waals surface area (Å²) in [6.45, 7) is 4.38. The van der Waals surface area contributed by atoms with Crippen LogP contribution >= 0.6 is 38.9 Å². The Morgan fingerprint density at radius 2 is 2.03 bits per heavy atom. The molecule has 0 aliphatic carbocycles. The fraction of sp³-hybridized carbons (Fsp3) is 0.320. The number of anilines is 1. The SMILES string of the molecule is COC(=O)C1=C(C)N=c2s/c(=C\c3cc(Br)c(N4CCOCC4)o3)c(=O)n2[C@H]1c1cc(Cl)ccc1OC. The second-order valence-corrected chi connectivity index (χ2v) is 10.7. The minimum Gasteiger partial charge on any atom is -0.496 e. The number of thiazole rings is 1. The standard InChI is InChI=1S/C25H23BrClN3O6S/c1-13-20(24(32)34-3)21(16-10-14(27)4-5-18(16)33-2)30-22(31)19(37-25(30)28-13)12-15-11-17(26)23(36-15)29-6-8-35-9-7-29/h4-5,10-12,21H,6-9H2,1-3H3/b19-12-/t21-/m0/s1. The molecule has 2 aromatic heterocycles. The molecule has 0 amide bonds. The number of allylic oxidation sites excluding steroid dienone is 1. The van der Waals surface area contributed by atoms with Gasteiger partial charge in [-0.25, -0.2) is 9.79 Å². The summed E-state index contributed by atoms with van der Waals surface area (Å²) >= 11 is 11.1. The summed E-state index contributed by atoms with van der Waals surface area (Å²) in [5, 5.41) is 0.438. The summed E-state index contributed by atoms with van der Waals surface area (Å²) in [6.07, 6.45) is 1.68. The lowest BCUT2D eigenvalue weighted by molar-refractivity contribution is -0.136. The molecule has 194 valence electrons. The summed E-state index contributed by atoms with van der Waals surface area (Å²) in [4.78, 5) is 33.8. The number of carbonyl (C=O) groups is 1. The van der Waals surface area contributed by atoms with Crippen LogP contribution in [0.3, 0.4) is 0 Å². The van der Waals surface area contributed by atoms with Crippen molar-refractivity contribution in [3.63, 3.8) is 0 Å². The Labute approximate surface area is 229 Å². The van der Waals surface area contributed by atoms with Crippen LogP contribution in [-0.2, 0) is 14.3 Å². The molecule has 5 rings (SSSR count). The van der Waals surface area contributed by atoms with E-state index in [2.05, 4.69) is 25.8 Å². The summed E-state index contributed by atoms with van der Waals surface area (Å²) in [7, 11) is 2.81. The maximum Gasteiger partial charge on any atom is 0.338 e. The molecule has 2 aliphatic rings. The maximum absolute atomic E-state index is 13.8. The van der Waals surface area contributed by atoms with Crippen LogP contribution in [0.25, 0.3) is 6.08 Å². The Bertz CT molecular complexity index is 1580. The first kappa shape index (κ1) is 25.8. The highest BCUT2D eigenvalue weighted by Crippen LogP contribution is 2.37. The van der Waals surface area contributed by atoms with Crippen LogP contribution < -0.4 is 24.5 Å². The number of methoxy groups -OCH3 is 2. The predicted molar refractivity (Wildman–Crippen MR) is 143 cm³/mol. The molecule has 0 saturated carbocycles. The molecule has 1 aromatic carbocycles. The highest BCUT2D eigenvalue weighted by molar-refractivity contribution is 9.10. The average Bonchev–Trinajstić information content (AvgIpc) is 3.41. The minimum absolute atomic E-state index is 0.234. The molecule has 1 saturated heterocycles. The van der Waals surface area contributed by atoms with Gasteiger partial charge in [0.2, 0.25) is 5.88 Å². The van der Waals surface area contributed by atoms with E-state index in [0.29, 0.717) is 69.3 Å². The first-order valence-corrected chi connectivity index (χ1v) is 13.4. The van der Waals surface area contributed by atoms with Gasteiger partial charge in [0.25, 0.3) is 5.56 Å². The topological polar surface area (TPSA) is 95.5 Å². The predicted octanol–water partition coefficient (Wildman–Crippen LogP) is 3.26. The van der Waals surface area contributed by atoms with E-state index < -0.39 is 12.0 Å². The van der Waals surface area contributed by atoms with Gasteiger partial charge in [-0.15, -0.1) is 0 Å². The molecule has 0 spiro atoms. The molecule has 4 heterocycles. The number of nitrogens with zero attached hydrogens (tertiary/aromatic N) is 3. The number of ether oxygens (including phenoxy) is 3. The Morgan fingerprint density at radius 1 is 1.27 bits per heavy atom. The Hall–Kier alpha value is -2.86. The lowest BCUT2D eigenvalue weighted by Crippen LogP contribution is -2.40. The van der Waals surface area contributed by atoms with Crippen molar-refractivity contribution in [3.8, 4) is 5.75 Å². The van der Waals surface area contributed by atoms with Crippen LogP contribution in [0.5, 0.6) is 5.75 Å². The van der Waals surface area contributed by atoms with Crippen molar-refractivity contribution in [3.05, 3.63) is 76.0 Å². The van der Waals surface area contributed by atoms with Gasteiger partial charge in [-0.2, -0.15) is 0 Å². The summed E-state index contributed by atoms with van der Waals surface area (Å²) < 4.78 is 24.8. The number of aromatic nitrogens is 1. The molecule has 2 aliphatic heterocycles. The molecule has 3 aromatic rings.